The zero-order valence-electron chi connectivity index (χ0n) is 26.5. The van der Waals surface area contributed by atoms with Crippen LogP contribution >= 0.6 is 0 Å². The first kappa shape index (κ1) is 39.3. The van der Waals surface area contributed by atoms with Crippen molar-refractivity contribution in [3.8, 4) is 0 Å². The van der Waals surface area contributed by atoms with Gasteiger partial charge >= 0.3 is 0 Å². The van der Waals surface area contributed by atoms with Crippen LogP contribution in [0.4, 0.5) is 0 Å². The topological polar surface area (TPSA) is 295 Å². The first-order valence-corrected chi connectivity index (χ1v) is 15.4. The van der Waals surface area contributed by atoms with Crippen molar-refractivity contribution in [2.24, 2.45) is 11.8 Å². The maximum atomic E-state index is 12.1. The molecular weight excluding hydrogens is 634 g/mol. The zero-order valence-corrected chi connectivity index (χ0v) is 26.5. The average molecular weight is 684 g/mol. The van der Waals surface area contributed by atoms with E-state index in [1.165, 1.54) is 20.8 Å². The molecule has 3 amide bonds. The van der Waals surface area contributed by atoms with E-state index in [0.717, 1.165) is 0 Å². The number of aliphatic hydroxyl groups excluding tert-OH is 8. The molecule has 3 aliphatic heterocycles. The van der Waals surface area contributed by atoms with Crippen LogP contribution in [0, 0.1) is 11.8 Å². The highest BCUT2D eigenvalue weighted by atomic mass is 16.6. The standard InChI is InChI=1S/C28H49N3O16/c1-11(35)29-21-19(9-44-8-15-17(5-33)47-28(42)23(25(15)39)31-13(3)37)45-16(4-32)14(24(21)38)7-43-10-20-22(30-12(2)36)27(41)26(40)18(6-34)46-20/h14-28,32-34,38-42H,4-10H2,1-3H3,(H,29,35)(H,30,36)(H,31,37)/t14-,15-,16?,17?,18?,19+,20+,21?,22?,23?,24+,25+,26-,27-,28-/m1/s1. The predicted molar refractivity (Wildman–Crippen MR) is 155 cm³/mol. The van der Waals surface area contributed by atoms with Gasteiger partial charge in [0.15, 0.2) is 6.29 Å². The lowest BCUT2D eigenvalue weighted by Gasteiger charge is -2.46. The van der Waals surface area contributed by atoms with E-state index in [0.29, 0.717) is 0 Å². The Bertz CT molecular complexity index is 1030. The van der Waals surface area contributed by atoms with Crippen molar-refractivity contribution in [1.29, 1.82) is 0 Å². The average Bonchev–Trinajstić information content (AvgIpc) is 3.01. The number of ether oxygens (including phenoxy) is 5. The lowest BCUT2D eigenvalue weighted by Crippen LogP contribution is -2.65. The number of carbonyl (C=O) groups excluding carboxylic acids is 3. The highest BCUT2D eigenvalue weighted by molar-refractivity contribution is 5.74. The van der Waals surface area contributed by atoms with Crippen LogP contribution in [0.3, 0.4) is 0 Å². The maximum absolute atomic E-state index is 12.1. The minimum absolute atomic E-state index is 0.248. The van der Waals surface area contributed by atoms with Gasteiger partial charge < -0.3 is 80.5 Å². The van der Waals surface area contributed by atoms with Gasteiger partial charge in [-0.3, -0.25) is 14.4 Å². The van der Waals surface area contributed by atoms with Crippen molar-refractivity contribution in [2.45, 2.75) is 100 Å². The molecule has 0 aromatic carbocycles. The molecule has 11 N–H and O–H groups in total. The van der Waals surface area contributed by atoms with Gasteiger partial charge in [0.1, 0.15) is 36.6 Å². The van der Waals surface area contributed by atoms with Crippen LogP contribution in [0.25, 0.3) is 0 Å². The van der Waals surface area contributed by atoms with E-state index >= 15 is 0 Å². The third-order valence-corrected chi connectivity index (χ3v) is 8.62. The molecule has 3 saturated heterocycles. The quantitative estimate of drug-likeness (QED) is 0.0811. The molecule has 0 spiro atoms. The van der Waals surface area contributed by atoms with Crippen molar-refractivity contribution >= 4 is 17.7 Å². The third kappa shape index (κ3) is 9.97. The monoisotopic (exact) mass is 683 g/mol. The highest BCUT2D eigenvalue weighted by Crippen LogP contribution is 2.30. The van der Waals surface area contributed by atoms with Crippen molar-refractivity contribution in [3.05, 3.63) is 0 Å². The van der Waals surface area contributed by atoms with Gasteiger partial charge in [-0.1, -0.05) is 0 Å². The summed E-state index contributed by atoms with van der Waals surface area (Å²) < 4.78 is 28.6. The van der Waals surface area contributed by atoms with Crippen LogP contribution in [0.2, 0.25) is 0 Å². The molecule has 3 rings (SSSR count). The van der Waals surface area contributed by atoms with Crippen molar-refractivity contribution < 1.29 is 78.9 Å². The Labute approximate surface area is 271 Å². The number of carbonyl (C=O) groups is 3. The summed E-state index contributed by atoms with van der Waals surface area (Å²) in [4.78, 5) is 35.3. The first-order chi connectivity index (χ1) is 22.2. The SMILES string of the molecule is CC(=O)NC1[C@H](COC[C@@H]2C(CO)O[C@@H](COC[C@@H]3C(CO)O[C@@H](O)C(NC(C)=O)[C@H]3O)C(NC(C)=O)[C@H]2O)OC(CO)[C@@H](O)[C@@H]1O. The molecule has 0 aromatic heterocycles. The largest absolute Gasteiger partial charge is 0.394 e. The second-order valence-electron chi connectivity index (χ2n) is 12.1. The minimum Gasteiger partial charge on any atom is -0.394 e. The Hall–Kier alpha value is -2.11. The molecule has 6 unspecified atom stereocenters. The molecule has 3 heterocycles. The number of rotatable bonds is 14. The van der Waals surface area contributed by atoms with Gasteiger partial charge in [-0.15, -0.1) is 0 Å². The summed E-state index contributed by atoms with van der Waals surface area (Å²) in [5, 5.41) is 90.0. The first-order valence-electron chi connectivity index (χ1n) is 15.4. The van der Waals surface area contributed by atoms with Gasteiger partial charge in [0, 0.05) is 32.6 Å². The zero-order chi connectivity index (χ0) is 35.0. The molecule has 3 fully saturated rings. The molecule has 47 heavy (non-hydrogen) atoms. The molecule has 3 aliphatic rings. The van der Waals surface area contributed by atoms with Crippen LogP contribution in [0.15, 0.2) is 0 Å². The van der Waals surface area contributed by atoms with E-state index in [1.54, 1.807) is 0 Å². The van der Waals surface area contributed by atoms with Gasteiger partial charge in [0.25, 0.3) is 0 Å². The number of aliphatic hydroxyl groups is 8. The third-order valence-electron chi connectivity index (χ3n) is 8.62. The van der Waals surface area contributed by atoms with Crippen molar-refractivity contribution in [1.82, 2.24) is 16.0 Å². The second kappa shape index (κ2) is 18.0. The fourth-order valence-corrected chi connectivity index (χ4v) is 6.24. The second-order valence-corrected chi connectivity index (χ2v) is 12.1. The smallest absolute Gasteiger partial charge is 0.217 e. The lowest BCUT2D eigenvalue weighted by atomic mass is 9.85. The van der Waals surface area contributed by atoms with Gasteiger partial charge in [0.2, 0.25) is 17.7 Å². The van der Waals surface area contributed by atoms with Crippen LogP contribution in [-0.4, -0.2) is 184 Å². The number of amides is 3. The van der Waals surface area contributed by atoms with Gasteiger partial charge in [-0.2, -0.15) is 0 Å². The molecule has 0 saturated carbocycles. The van der Waals surface area contributed by atoms with E-state index in [1.807, 2.05) is 0 Å². The van der Waals surface area contributed by atoms with E-state index in [-0.39, 0.29) is 26.4 Å². The summed E-state index contributed by atoms with van der Waals surface area (Å²) in [5.41, 5.74) is 0. The summed E-state index contributed by atoms with van der Waals surface area (Å²) in [6.07, 6.45) is -12.5. The molecule has 15 atom stereocenters. The summed E-state index contributed by atoms with van der Waals surface area (Å²) in [5.74, 6) is -3.37. The van der Waals surface area contributed by atoms with E-state index in [4.69, 9.17) is 23.7 Å². The number of hydrogen-bond donors (Lipinski definition) is 11. The van der Waals surface area contributed by atoms with Crippen molar-refractivity contribution in [2.75, 3.05) is 46.2 Å². The van der Waals surface area contributed by atoms with Crippen LogP contribution < -0.4 is 16.0 Å². The minimum atomic E-state index is -1.58. The van der Waals surface area contributed by atoms with Crippen LogP contribution in [0.5, 0.6) is 0 Å². The van der Waals surface area contributed by atoms with E-state index in [2.05, 4.69) is 16.0 Å². The fourth-order valence-electron chi connectivity index (χ4n) is 6.24. The van der Waals surface area contributed by atoms with Crippen molar-refractivity contribution in [3.63, 3.8) is 0 Å². The molecule has 19 nitrogen and oxygen atoms in total. The Balaban J connectivity index is 1.66. The molecule has 0 aliphatic carbocycles. The number of nitrogens with one attached hydrogen (secondary N) is 3. The summed E-state index contributed by atoms with van der Waals surface area (Å²) in [6.45, 7) is 0.839. The van der Waals surface area contributed by atoms with Crippen LogP contribution in [0.1, 0.15) is 20.8 Å². The lowest BCUT2D eigenvalue weighted by molar-refractivity contribution is -0.248. The molecule has 0 bridgehead atoms. The van der Waals surface area contributed by atoms with Gasteiger partial charge in [0.05, 0.1) is 82.7 Å². The Morgan fingerprint density at radius 1 is 0.511 bits per heavy atom. The highest BCUT2D eigenvalue weighted by Gasteiger charge is 2.48. The molecule has 272 valence electrons. The Kier molecular flexibility index (Phi) is 15.1. The summed E-state index contributed by atoms with van der Waals surface area (Å²) in [6, 6.07) is -3.35. The van der Waals surface area contributed by atoms with Crippen LogP contribution in [-0.2, 0) is 38.1 Å². The molecular formula is C28H49N3O16. The van der Waals surface area contributed by atoms with Gasteiger partial charge in [-0.05, 0) is 0 Å². The predicted octanol–water partition coefficient (Wildman–Crippen LogP) is -6.56. The van der Waals surface area contributed by atoms with Gasteiger partial charge in [-0.25, -0.2) is 0 Å². The molecule has 0 aromatic rings. The Morgan fingerprint density at radius 2 is 0.894 bits per heavy atom. The normalized spacial score (nSPS) is 40.8. The maximum Gasteiger partial charge on any atom is 0.217 e. The summed E-state index contributed by atoms with van der Waals surface area (Å²) in [7, 11) is 0. The van der Waals surface area contributed by atoms with E-state index in [9.17, 15) is 55.2 Å². The fraction of sp³-hybridized carbons (Fsp3) is 0.893. The molecule has 0 radical (unpaired) electrons. The van der Waals surface area contributed by atoms with E-state index < -0.39 is 129 Å². The molecule has 19 heteroatoms. The Morgan fingerprint density at radius 3 is 1.34 bits per heavy atom. The summed E-state index contributed by atoms with van der Waals surface area (Å²) >= 11 is 0. The number of hydrogen-bond acceptors (Lipinski definition) is 16.